The minimum atomic E-state index is 0.358. The van der Waals surface area contributed by atoms with E-state index in [0.717, 1.165) is 11.3 Å². The van der Waals surface area contributed by atoms with Crippen molar-refractivity contribution >= 4 is 41.1 Å². The summed E-state index contributed by atoms with van der Waals surface area (Å²) >= 11 is 8.59. The highest BCUT2D eigenvalue weighted by Crippen LogP contribution is 2.10. The fourth-order valence-electron chi connectivity index (χ4n) is 1.02. The second-order valence-electron chi connectivity index (χ2n) is 3.16. The summed E-state index contributed by atoms with van der Waals surface area (Å²) in [6.45, 7) is 0. The molecular weight excluding hydrogens is 226 g/mol. The average molecular weight is 239 g/mol. The lowest BCUT2D eigenvalue weighted by atomic mass is 10.2. The molecule has 1 rings (SSSR count). The van der Waals surface area contributed by atoms with E-state index in [-0.39, 0.29) is 0 Å². The molecule has 0 saturated heterocycles. The van der Waals surface area contributed by atoms with Crippen LogP contribution in [0.3, 0.4) is 0 Å². The zero-order chi connectivity index (χ0) is 11.3. The van der Waals surface area contributed by atoms with E-state index in [2.05, 4.69) is 23.2 Å². The molecule has 0 aliphatic heterocycles. The molecule has 0 aromatic heterocycles. The van der Waals surface area contributed by atoms with Crippen LogP contribution in [-0.4, -0.2) is 24.6 Å². The number of thiocarbonyl (C=S) groups is 1. The molecule has 80 valence electrons. The SMILES string of the molecule is CN(C)c1ccc(C=NNC(=S)S)cc1. The molecule has 0 aliphatic carbocycles. The Hall–Kier alpha value is -1.07. The maximum atomic E-state index is 4.70. The molecule has 0 atom stereocenters. The first kappa shape index (κ1) is 12.0. The zero-order valence-electron chi connectivity index (χ0n) is 8.64. The third-order valence-corrected chi connectivity index (χ3v) is 1.97. The summed E-state index contributed by atoms with van der Waals surface area (Å²) < 4.78 is 0.358. The van der Waals surface area contributed by atoms with Crippen molar-refractivity contribution in [3.05, 3.63) is 29.8 Å². The Kier molecular flexibility index (Phi) is 4.58. The van der Waals surface area contributed by atoms with Crippen molar-refractivity contribution in [2.45, 2.75) is 0 Å². The highest BCUT2D eigenvalue weighted by molar-refractivity contribution is 8.11. The third kappa shape index (κ3) is 4.31. The van der Waals surface area contributed by atoms with Gasteiger partial charge in [-0.05, 0) is 17.7 Å². The van der Waals surface area contributed by atoms with E-state index in [0.29, 0.717) is 4.32 Å². The summed E-state index contributed by atoms with van der Waals surface area (Å²) in [5, 5.41) is 3.91. The van der Waals surface area contributed by atoms with Crippen LogP contribution in [0.1, 0.15) is 5.56 Å². The Morgan fingerprint density at radius 2 is 2.00 bits per heavy atom. The standard InChI is InChI=1S/C10H13N3S2/c1-13(2)9-5-3-8(4-6-9)7-11-12-10(14)15/h3-7H,1-2H3,(H2,12,14,15). The van der Waals surface area contributed by atoms with Crippen LogP contribution in [0.4, 0.5) is 5.69 Å². The molecule has 0 heterocycles. The number of anilines is 1. The first-order valence-corrected chi connectivity index (χ1v) is 5.24. The Bertz CT molecular complexity index is 357. The molecule has 1 aromatic rings. The zero-order valence-corrected chi connectivity index (χ0v) is 10.3. The molecule has 0 amide bonds. The van der Waals surface area contributed by atoms with Crippen LogP contribution >= 0.6 is 24.8 Å². The van der Waals surface area contributed by atoms with Crippen LogP contribution in [0, 0.1) is 0 Å². The molecule has 0 spiro atoms. The van der Waals surface area contributed by atoms with E-state index >= 15 is 0 Å². The number of hydrogen-bond donors (Lipinski definition) is 2. The van der Waals surface area contributed by atoms with Crippen LogP contribution in [0.5, 0.6) is 0 Å². The normalized spacial score (nSPS) is 10.3. The molecule has 0 saturated carbocycles. The van der Waals surface area contributed by atoms with Crippen LogP contribution in [0.2, 0.25) is 0 Å². The monoisotopic (exact) mass is 239 g/mol. The van der Waals surface area contributed by atoms with Gasteiger partial charge in [-0.2, -0.15) is 5.10 Å². The fraction of sp³-hybridized carbons (Fsp3) is 0.200. The van der Waals surface area contributed by atoms with Crippen molar-refractivity contribution in [3.8, 4) is 0 Å². The van der Waals surface area contributed by atoms with Crippen LogP contribution < -0.4 is 10.3 Å². The van der Waals surface area contributed by atoms with Gasteiger partial charge in [0.25, 0.3) is 0 Å². The van der Waals surface area contributed by atoms with Crippen molar-refractivity contribution < 1.29 is 0 Å². The molecule has 5 heteroatoms. The predicted octanol–water partition coefficient (Wildman–Crippen LogP) is 1.89. The number of thiol groups is 1. The molecule has 1 N–H and O–H groups in total. The van der Waals surface area contributed by atoms with Crippen molar-refractivity contribution in [1.82, 2.24) is 5.43 Å². The van der Waals surface area contributed by atoms with Gasteiger partial charge in [-0.25, -0.2) is 0 Å². The Labute approximate surface area is 101 Å². The quantitative estimate of drug-likeness (QED) is 0.365. The number of nitrogens with one attached hydrogen (secondary N) is 1. The van der Waals surface area contributed by atoms with E-state index in [9.17, 15) is 0 Å². The first-order chi connectivity index (χ1) is 7.09. The van der Waals surface area contributed by atoms with Crippen LogP contribution in [-0.2, 0) is 0 Å². The molecule has 3 nitrogen and oxygen atoms in total. The van der Waals surface area contributed by atoms with Gasteiger partial charge in [0.05, 0.1) is 6.21 Å². The van der Waals surface area contributed by atoms with E-state index in [4.69, 9.17) is 12.2 Å². The average Bonchev–Trinajstić information content (AvgIpc) is 2.18. The number of hydrogen-bond acceptors (Lipinski definition) is 3. The highest BCUT2D eigenvalue weighted by Gasteiger charge is 1.93. The topological polar surface area (TPSA) is 27.6 Å². The fourth-order valence-corrected chi connectivity index (χ4v) is 1.13. The molecule has 0 bridgehead atoms. The van der Waals surface area contributed by atoms with Gasteiger partial charge < -0.3 is 4.90 Å². The van der Waals surface area contributed by atoms with Crippen molar-refractivity contribution in [3.63, 3.8) is 0 Å². The first-order valence-electron chi connectivity index (χ1n) is 4.39. The number of benzene rings is 1. The lowest BCUT2D eigenvalue weighted by molar-refractivity contribution is 1.07. The Morgan fingerprint density at radius 3 is 2.47 bits per heavy atom. The summed E-state index contributed by atoms with van der Waals surface area (Å²) in [4.78, 5) is 2.04. The summed E-state index contributed by atoms with van der Waals surface area (Å²) in [7, 11) is 4.01. The van der Waals surface area contributed by atoms with Gasteiger partial charge in [0.2, 0.25) is 0 Å². The van der Waals surface area contributed by atoms with Gasteiger partial charge in [0, 0.05) is 19.8 Å². The second-order valence-corrected chi connectivity index (χ2v) is 4.32. The van der Waals surface area contributed by atoms with Crippen LogP contribution in [0.15, 0.2) is 29.4 Å². The molecular formula is C10H13N3S2. The van der Waals surface area contributed by atoms with E-state index in [1.807, 2.05) is 43.3 Å². The number of rotatable bonds is 3. The van der Waals surface area contributed by atoms with Gasteiger partial charge in [-0.3, -0.25) is 5.43 Å². The maximum Gasteiger partial charge on any atom is 0.150 e. The van der Waals surface area contributed by atoms with Gasteiger partial charge in [-0.1, -0.05) is 24.4 Å². The molecule has 15 heavy (non-hydrogen) atoms. The van der Waals surface area contributed by atoms with E-state index in [1.54, 1.807) is 6.21 Å². The summed E-state index contributed by atoms with van der Waals surface area (Å²) in [5.74, 6) is 0. The Balaban J connectivity index is 2.64. The van der Waals surface area contributed by atoms with Gasteiger partial charge in [-0.15, -0.1) is 12.6 Å². The number of hydrazone groups is 1. The molecule has 0 unspecified atom stereocenters. The molecule has 0 fully saturated rings. The second kappa shape index (κ2) is 5.72. The summed E-state index contributed by atoms with van der Waals surface area (Å²) in [6, 6.07) is 8.03. The van der Waals surface area contributed by atoms with Gasteiger partial charge in [0.1, 0.15) is 0 Å². The van der Waals surface area contributed by atoms with E-state index in [1.165, 1.54) is 0 Å². The summed E-state index contributed by atoms with van der Waals surface area (Å²) in [6.07, 6.45) is 1.70. The largest absolute Gasteiger partial charge is 0.378 e. The van der Waals surface area contributed by atoms with Gasteiger partial charge >= 0.3 is 0 Å². The van der Waals surface area contributed by atoms with E-state index < -0.39 is 0 Å². The molecule has 0 aliphatic rings. The Morgan fingerprint density at radius 1 is 1.40 bits per heavy atom. The van der Waals surface area contributed by atoms with Gasteiger partial charge in [0.15, 0.2) is 4.32 Å². The molecule has 0 radical (unpaired) electrons. The van der Waals surface area contributed by atoms with Crippen molar-refractivity contribution in [1.29, 1.82) is 0 Å². The van der Waals surface area contributed by atoms with Crippen LogP contribution in [0.25, 0.3) is 0 Å². The highest BCUT2D eigenvalue weighted by atomic mass is 32.1. The lowest BCUT2D eigenvalue weighted by Gasteiger charge is -2.11. The number of nitrogens with zero attached hydrogens (tertiary/aromatic N) is 2. The summed E-state index contributed by atoms with van der Waals surface area (Å²) in [5.41, 5.74) is 4.76. The van der Waals surface area contributed by atoms with Crippen molar-refractivity contribution in [2.75, 3.05) is 19.0 Å². The van der Waals surface area contributed by atoms with Crippen molar-refractivity contribution in [2.24, 2.45) is 5.10 Å². The minimum Gasteiger partial charge on any atom is -0.378 e. The predicted molar refractivity (Wildman–Crippen MR) is 73.1 cm³/mol. The third-order valence-electron chi connectivity index (χ3n) is 1.78. The lowest BCUT2D eigenvalue weighted by Crippen LogP contribution is -2.09. The minimum absolute atomic E-state index is 0.358. The maximum absolute atomic E-state index is 4.70. The molecule has 1 aromatic carbocycles. The smallest absolute Gasteiger partial charge is 0.150 e.